The highest BCUT2D eigenvalue weighted by atomic mass is 35.5. The van der Waals surface area contributed by atoms with Crippen LogP contribution in [0.15, 0.2) is 54.9 Å². The summed E-state index contributed by atoms with van der Waals surface area (Å²) in [5.74, 6) is 0.326. The van der Waals surface area contributed by atoms with Crippen LogP contribution in [0.25, 0.3) is 0 Å². The second-order valence-electron chi connectivity index (χ2n) is 5.68. The third kappa shape index (κ3) is 4.27. The lowest BCUT2D eigenvalue weighted by molar-refractivity contribution is 0.0962. The maximum absolute atomic E-state index is 12.3. The Kier molecular flexibility index (Phi) is 5.73. The third-order valence-corrected chi connectivity index (χ3v) is 4.28. The summed E-state index contributed by atoms with van der Waals surface area (Å²) in [6, 6.07) is 14.6. The highest BCUT2D eigenvalue weighted by molar-refractivity contribution is 6.33. The van der Waals surface area contributed by atoms with E-state index in [-0.39, 0.29) is 11.5 Å². The van der Waals surface area contributed by atoms with Gasteiger partial charge in [0.2, 0.25) is 0 Å². The number of nitrogens with two attached hydrogens (primary N) is 1. The zero-order chi connectivity index (χ0) is 19.2. The number of nitrogens with one attached hydrogen (secondary N) is 3. The number of nitrogens with zero attached hydrogens (tertiary/aromatic N) is 2. The number of hydrogen-bond acceptors (Lipinski definition) is 6. The first-order chi connectivity index (χ1) is 13.1. The Balaban J connectivity index is 1.75. The highest BCUT2D eigenvalue weighted by Gasteiger charge is 2.13. The number of aromatic nitrogens is 2. The molecule has 5 N–H and O–H groups in total. The summed E-state index contributed by atoms with van der Waals surface area (Å²) < 4.78 is 0. The van der Waals surface area contributed by atoms with E-state index in [4.69, 9.17) is 17.3 Å². The molecule has 0 aliphatic rings. The number of para-hydroxylation sites is 1. The van der Waals surface area contributed by atoms with E-state index in [2.05, 4.69) is 33.1 Å². The first kappa shape index (κ1) is 18.5. The van der Waals surface area contributed by atoms with Gasteiger partial charge < -0.3 is 11.1 Å². The zero-order valence-corrected chi connectivity index (χ0v) is 15.4. The summed E-state index contributed by atoms with van der Waals surface area (Å²) >= 11 is 6.03. The van der Waals surface area contributed by atoms with Gasteiger partial charge in [0, 0.05) is 5.69 Å². The van der Waals surface area contributed by atoms with Gasteiger partial charge in [-0.25, -0.2) is 9.97 Å². The molecular formula is C19H19ClN6O. The van der Waals surface area contributed by atoms with Crippen LogP contribution in [0.1, 0.15) is 22.8 Å². The Labute approximate surface area is 162 Å². The van der Waals surface area contributed by atoms with Gasteiger partial charge in [0.1, 0.15) is 12.0 Å². The van der Waals surface area contributed by atoms with E-state index >= 15 is 0 Å². The van der Waals surface area contributed by atoms with E-state index in [1.54, 1.807) is 24.3 Å². The number of benzene rings is 2. The molecule has 0 bridgehead atoms. The van der Waals surface area contributed by atoms with Gasteiger partial charge in [-0.1, -0.05) is 48.9 Å². The number of carbonyl (C=O) groups excluding carboxylic acids is 1. The van der Waals surface area contributed by atoms with Crippen LogP contribution in [0.2, 0.25) is 5.02 Å². The van der Waals surface area contributed by atoms with Crippen LogP contribution in [0.5, 0.6) is 0 Å². The van der Waals surface area contributed by atoms with E-state index < -0.39 is 5.91 Å². The van der Waals surface area contributed by atoms with E-state index in [1.807, 2.05) is 24.3 Å². The van der Waals surface area contributed by atoms with Crippen LogP contribution in [0, 0.1) is 0 Å². The first-order valence-electron chi connectivity index (χ1n) is 8.36. The van der Waals surface area contributed by atoms with Crippen LogP contribution in [-0.2, 0) is 6.42 Å². The van der Waals surface area contributed by atoms with Crippen molar-refractivity contribution in [2.45, 2.75) is 13.3 Å². The van der Waals surface area contributed by atoms with Crippen molar-refractivity contribution in [1.82, 2.24) is 15.4 Å². The molecule has 0 aliphatic heterocycles. The van der Waals surface area contributed by atoms with E-state index in [0.29, 0.717) is 16.4 Å². The number of carbonyl (C=O) groups is 1. The fourth-order valence-electron chi connectivity index (χ4n) is 2.50. The fourth-order valence-corrected chi connectivity index (χ4v) is 2.72. The Hall–Kier alpha value is -3.32. The van der Waals surface area contributed by atoms with Crippen molar-refractivity contribution in [2.24, 2.45) is 0 Å². The summed E-state index contributed by atoms with van der Waals surface area (Å²) in [5.41, 5.74) is 14.1. The van der Waals surface area contributed by atoms with Crippen LogP contribution in [-0.4, -0.2) is 15.9 Å². The number of hydrogen-bond donors (Lipinski definition) is 4. The quantitative estimate of drug-likeness (QED) is 0.483. The van der Waals surface area contributed by atoms with Gasteiger partial charge in [-0.2, -0.15) is 0 Å². The van der Waals surface area contributed by atoms with Gasteiger partial charge in [-0.3, -0.25) is 15.6 Å². The maximum atomic E-state index is 12.3. The highest BCUT2D eigenvalue weighted by Crippen LogP contribution is 2.27. The van der Waals surface area contributed by atoms with Crippen LogP contribution in [0.4, 0.5) is 23.0 Å². The molecular weight excluding hydrogens is 364 g/mol. The zero-order valence-electron chi connectivity index (χ0n) is 14.7. The summed E-state index contributed by atoms with van der Waals surface area (Å²) in [7, 11) is 0. The second kappa shape index (κ2) is 8.37. The number of rotatable bonds is 6. The van der Waals surface area contributed by atoms with E-state index in [9.17, 15) is 4.79 Å². The lowest BCUT2D eigenvalue weighted by Gasteiger charge is -2.15. The Morgan fingerprint density at radius 3 is 2.56 bits per heavy atom. The number of hydrazine groups is 1. The predicted molar refractivity (Wildman–Crippen MR) is 108 cm³/mol. The molecule has 3 aromatic rings. The number of halogens is 1. The van der Waals surface area contributed by atoms with Crippen molar-refractivity contribution in [3.63, 3.8) is 0 Å². The molecule has 8 heteroatoms. The summed E-state index contributed by atoms with van der Waals surface area (Å²) in [4.78, 5) is 20.5. The molecule has 138 valence electrons. The smallest absolute Gasteiger partial charge is 0.271 e. The van der Waals surface area contributed by atoms with Gasteiger partial charge in [-0.05, 0) is 30.2 Å². The Bertz CT molecular complexity index is 962. The number of amides is 1. The number of nitrogen functional groups attached to an aromatic ring is 1. The van der Waals surface area contributed by atoms with Gasteiger partial charge >= 0.3 is 0 Å². The van der Waals surface area contributed by atoms with E-state index in [0.717, 1.165) is 17.7 Å². The van der Waals surface area contributed by atoms with Crippen LogP contribution in [0.3, 0.4) is 0 Å². The number of aryl methyl sites for hydroxylation is 1. The minimum atomic E-state index is -0.399. The minimum absolute atomic E-state index is 0.280. The molecule has 1 amide bonds. The van der Waals surface area contributed by atoms with Crippen molar-refractivity contribution in [3.05, 3.63) is 71.0 Å². The summed E-state index contributed by atoms with van der Waals surface area (Å²) in [5, 5.41) is 3.56. The molecule has 0 unspecified atom stereocenters. The molecule has 1 aromatic heterocycles. The minimum Gasteiger partial charge on any atom is -0.393 e. The van der Waals surface area contributed by atoms with Crippen molar-refractivity contribution in [1.29, 1.82) is 0 Å². The molecule has 0 fully saturated rings. The molecule has 0 saturated heterocycles. The molecule has 0 saturated carbocycles. The van der Waals surface area contributed by atoms with Crippen molar-refractivity contribution in [2.75, 3.05) is 16.5 Å². The monoisotopic (exact) mass is 382 g/mol. The largest absolute Gasteiger partial charge is 0.393 e. The topological polar surface area (TPSA) is 105 Å². The SMILES string of the molecule is CCc1ccccc1Nc1ncnc(NNC(=O)c2ccccc2Cl)c1N. The molecule has 2 aromatic carbocycles. The summed E-state index contributed by atoms with van der Waals surface area (Å²) in [6.45, 7) is 2.07. The third-order valence-electron chi connectivity index (χ3n) is 3.95. The van der Waals surface area contributed by atoms with Gasteiger partial charge in [0.25, 0.3) is 5.91 Å². The molecule has 0 aliphatic carbocycles. The van der Waals surface area contributed by atoms with Crippen molar-refractivity contribution >= 4 is 40.5 Å². The van der Waals surface area contributed by atoms with Crippen LogP contribution < -0.4 is 21.9 Å². The van der Waals surface area contributed by atoms with Gasteiger partial charge in [0.05, 0.1) is 10.6 Å². The molecule has 7 nitrogen and oxygen atoms in total. The van der Waals surface area contributed by atoms with Crippen molar-refractivity contribution in [3.8, 4) is 0 Å². The van der Waals surface area contributed by atoms with Gasteiger partial charge in [-0.15, -0.1) is 0 Å². The predicted octanol–water partition coefficient (Wildman–Crippen LogP) is 3.78. The Morgan fingerprint density at radius 2 is 1.78 bits per heavy atom. The molecule has 0 radical (unpaired) electrons. The normalized spacial score (nSPS) is 10.3. The Morgan fingerprint density at radius 1 is 1.07 bits per heavy atom. The maximum Gasteiger partial charge on any atom is 0.271 e. The average molecular weight is 383 g/mol. The van der Waals surface area contributed by atoms with E-state index in [1.165, 1.54) is 6.33 Å². The molecule has 0 atom stereocenters. The average Bonchev–Trinajstić information content (AvgIpc) is 2.69. The van der Waals surface area contributed by atoms with Gasteiger partial charge in [0.15, 0.2) is 11.6 Å². The molecule has 1 heterocycles. The molecule has 3 rings (SSSR count). The van der Waals surface area contributed by atoms with Crippen molar-refractivity contribution < 1.29 is 4.79 Å². The number of anilines is 4. The lowest BCUT2D eigenvalue weighted by Crippen LogP contribution is -2.30. The first-order valence-corrected chi connectivity index (χ1v) is 8.74. The molecule has 0 spiro atoms. The molecule has 27 heavy (non-hydrogen) atoms. The lowest BCUT2D eigenvalue weighted by atomic mass is 10.1. The fraction of sp³-hybridized carbons (Fsp3) is 0.105. The van der Waals surface area contributed by atoms with Crippen LogP contribution >= 0.6 is 11.6 Å². The summed E-state index contributed by atoms with van der Waals surface area (Å²) in [6.07, 6.45) is 2.23. The standard InChI is InChI=1S/C19H19ClN6O/c1-2-12-7-3-6-10-15(12)24-17-16(21)18(23-11-22-17)25-26-19(27)13-8-4-5-9-14(13)20/h3-11H,2,21H2,1H3,(H,26,27)(H2,22,23,24,25). The second-order valence-corrected chi connectivity index (χ2v) is 6.09.